The number of hydrogen-bond acceptors (Lipinski definition) is 1. The summed E-state index contributed by atoms with van der Waals surface area (Å²) in [7, 11) is 0. The van der Waals surface area contributed by atoms with Crippen LogP contribution in [0.15, 0.2) is 71.8 Å². The van der Waals surface area contributed by atoms with E-state index < -0.39 is 17.4 Å². The lowest BCUT2D eigenvalue weighted by atomic mass is 10.00. The van der Waals surface area contributed by atoms with E-state index in [4.69, 9.17) is 4.74 Å². The van der Waals surface area contributed by atoms with Gasteiger partial charge in [0.05, 0.1) is 6.61 Å². The van der Waals surface area contributed by atoms with Crippen LogP contribution in [0.1, 0.15) is 51.2 Å². The summed E-state index contributed by atoms with van der Waals surface area (Å²) in [6.07, 6.45) is -3.00. The zero-order valence-electron chi connectivity index (χ0n) is 18.1. The predicted molar refractivity (Wildman–Crippen MR) is 119 cm³/mol. The Kier molecular flexibility index (Phi) is 8.98. The molecule has 0 aliphatic heterocycles. The van der Waals surface area contributed by atoms with Gasteiger partial charge in [0, 0.05) is 11.1 Å². The van der Waals surface area contributed by atoms with Crippen LogP contribution < -0.4 is 0 Å². The largest absolute Gasteiger partial charge is 0.425 e. The van der Waals surface area contributed by atoms with Gasteiger partial charge in [-0.2, -0.15) is 13.2 Å². The van der Waals surface area contributed by atoms with Crippen molar-refractivity contribution in [2.45, 2.75) is 58.4 Å². The summed E-state index contributed by atoms with van der Waals surface area (Å²) in [4.78, 5) is 0. The van der Waals surface area contributed by atoms with Gasteiger partial charge >= 0.3 is 6.18 Å². The summed E-state index contributed by atoms with van der Waals surface area (Å²) in [5.41, 5.74) is -0.274. The molecule has 0 bridgehead atoms. The van der Waals surface area contributed by atoms with Crippen molar-refractivity contribution in [1.29, 1.82) is 0 Å². The quantitative estimate of drug-likeness (QED) is 0.450. The molecule has 0 saturated carbocycles. The van der Waals surface area contributed by atoms with Crippen LogP contribution in [0.5, 0.6) is 0 Å². The molecule has 0 unspecified atom stereocenters. The van der Waals surface area contributed by atoms with Crippen LogP contribution in [0.2, 0.25) is 0 Å². The van der Waals surface area contributed by atoms with E-state index in [9.17, 15) is 13.2 Å². The maximum Gasteiger partial charge on any atom is 0.425 e. The Hall–Kier alpha value is -2.95. The van der Waals surface area contributed by atoms with Gasteiger partial charge in [0.2, 0.25) is 0 Å². The molecule has 2 aromatic carbocycles. The maximum atomic E-state index is 13.8. The van der Waals surface area contributed by atoms with Crippen molar-refractivity contribution < 1.29 is 17.9 Å². The molecule has 0 aliphatic carbocycles. The van der Waals surface area contributed by atoms with Gasteiger partial charge in [0.15, 0.2) is 0 Å². The van der Waals surface area contributed by atoms with Crippen LogP contribution in [0, 0.1) is 23.7 Å². The third-order valence-electron chi connectivity index (χ3n) is 4.43. The Balaban J connectivity index is 2.36. The van der Waals surface area contributed by atoms with Crippen molar-refractivity contribution in [1.82, 2.24) is 0 Å². The highest BCUT2D eigenvalue weighted by Gasteiger charge is 2.35. The normalized spacial score (nSPS) is 12.2. The zero-order valence-corrected chi connectivity index (χ0v) is 18.1. The second kappa shape index (κ2) is 11.4. The van der Waals surface area contributed by atoms with Gasteiger partial charge in [-0.1, -0.05) is 85.6 Å². The first-order chi connectivity index (χ1) is 14.7. The molecular formula is C27H27F3O. The summed E-state index contributed by atoms with van der Waals surface area (Å²) in [5.74, 6) is 10.6. The van der Waals surface area contributed by atoms with Crippen LogP contribution in [0.3, 0.4) is 0 Å². The molecule has 0 spiro atoms. The first-order valence-corrected chi connectivity index (χ1v) is 10.3. The highest BCUT2D eigenvalue weighted by atomic mass is 19.4. The Labute approximate surface area is 183 Å². The van der Waals surface area contributed by atoms with Crippen molar-refractivity contribution in [3.05, 3.63) is 82.9 Å². The van der Waals surface area contributed by atoms with Crippen molar-refractivity contribution in [2.75, 3.05) is 0 Å². The fourth-order valence-corrected chi connectivity index (χ4v) is 2.68. The van der Waals surface area contributed by atoms with Gasteiger partial charge in [-0.15, -0.1) is 0 Å². The first kappa shape index (κ1) is 24.3. The number of allylic oxidation sites excluding steroid dienone is 2. The van der Waals surface area contributed by atoms with Crippen LogP contribution >= 0.6 is 0 Å². The first-order valence-electron chi connectivity index (χ1n) is 10.3. The molecule has 2 rings (SSSR count). The maximum absolute atomic E-state index is 13.8. The SMILES string of the molecule is CCCC/C(C#CC(C)(C)OCc1ccccc1)=C(\C#Cc1ccccc1)C(F)(F)F. The number of alkyl halides is 3. The van der Waals surface area contributed by atoms with E-state index in [1.165, 1.54) is 0 Å². The third-order valence-corrected chi connectivity index (χ3v) is 4.43. The van der Waals surface area contributed by atoms with Crippen LogP contribution in [-0.2, 0) is 11.3 Å². The smallest absolute Gasteiger partial charge is 0.358 e. The molecule has 4 heteroatoms. The minimum atomic E-state index is -4.57. The fraction of sp³-hybridized carbons (Fsp3) is 0.333. The van der Waals surface area contributed by atoms with Gasteiger partial charge in [-0.05, 0) is 44.4 Å². The molecular weight excluding hydrogens is 397 g/mol. The summed E-state index contributed by atoms with van der Waals surface area (Å²) in [6.45, 7) is 5.77. The number of halogens is 3. The average molecular weight is 425 g/mol. The van der Waals surface area contributed by atoms with Crippen molar-refractivity contribution in [2.24, 2.45) is 0 Å². The van der Waals surface area contributed by atoms with Crippen LogP contribution in [0.4, 0.5) is 13.2 Å². The molecule has 2 aromatic rings. The van der Waals surface area contributed by atoms with E-state index >= 15 is 0 Å². The van der Waals surface area contributed by atoms with Gasteiger partial charge in [0.1, 0.15) is 11.2 Å². The Morgan fingerprint density at radius 3 is 2.10 bits per heavy atom. The van der Waals surface area contributed by atoms with Crippen LogP contribution in [-0.4, -0.2) is 11.8 Å². The summed E-state index contributed by atoms with van der Waals surface area (Å²) in [6, 6.07) is 18.2. The average Bonchev–Trinajstić information content (AvgIpc) is 2.74. The number of hydrogen-bond donors (Lipinski definition) is 0. The Morgan fingerprint density at radius 2 is 1.52 bits per heavy atom. The van der Waals surface area contributed by atoms with Gasteiger partial charge in [-0.25, -0.2) is 0 Å². The molecule has 162 valence electrons. The number of ether oxygens (including phenoxy) is 1. The Bertz CT molecular complexity index is 979. The number of rotatable bonds is 6. The molecule has 0 atom stereocenters. The van der Waals surface area contributed by atoms with Gasteiger partial charge in [-0.3, -0.25) is 0 Å². The molecule has 0 saturated heterocycles. The van der Waals surface area contributed by atoms with E-state index in [0.717, 1.165) is 12.0 Å². The predicted octanol–water partition coefficient (Wildman–Crippen LogP) is 7.09. The Morgan fingerprint density at radius 1 is 0.903 bits per heavy atom. The van der Waals surface area contributed by atoms with Crippen molar-refractivity contribution in [3.63, 3.8) is 0 Å². The minimum Gasteiger partial charge on any atom is -0.358 e. The lowest BCUT2D eigenvalue weighted by Gasteiger charge is -2.19. The molecule has 0 fully saturated rings. The third kappa shape index (κ3) is 8.75. The molecule has 0 radical (unpaired) electrons. The number of unbranched alkanes of at least 4 members (excludes halogenated alkanes) is 1. The van der Waals surface area contributed by atoms with Gasteiger partial charge < -0.3 is 4.74 Å². The summed E-state index contributed by atoms with van der Waals surface area (Å²) in [5, 5.41) is 0. The van der Waals surface area contributed by atoms with Crippen molar-refractivity contribution >= 4 is 0 Å². The molecule has 0 amide bonds. The molecule has 0 heterocycles. The zero-order chi connectivity index (χ0) is 22.7. The standard InChI is InChI=1S/C27H27F3O/c1-4-5-16-24(19-20-26(2,3)31-21-23-14-10-7-11-15-23)25(27(28,29)30)18-17-22-12-8-6-9-13-22/h6-15H,4-5,16,21H2,1-3H3/b25-24-. The number of benzene rings is 2. The topological polar surface area (TPSA) is 9.23 Å². The van der Waals surface area contributed by atoms with E-state index in [-0.39, 0.29) is 12.0 Å². The van der Waals surface area contributed by atoms with E-state index in [1.807, 2.05) is 37.3 Å². The molecule has 0 aliphatic rings. The molecule has 0 aromatic heterocycles. The lowest BCUT2D eigenvalue weighted by Crippen LogP contribution is -2.22. The monoisotopic (exact) mass is 424 g/mol. The second-order valence-corrected chi connectivity index (χ2v) is 7.61. The lowest BCUT2D eigenvalue weighted by molar-refractivity contribution is -0.0878. The van der Waals surface area contributed by atoms with Gasteiger partial charge in [0.25, 0.3) is 0 Å². The molecule has 1 nitrogen and oxygen atoms in total. The van der Waals surface area contributed by atoms with Crippen molar-refractivity contribution in [3.8, 4) is 23.7 Å². The van der Waals surface area contributed by atoms with E-state index in [1.54, 1.807) is 44.2 Å². The van der Waals surface area contributed by atoms with E-state index in [0.29, 0.717) is 18.6 Å². The second-order valence-electron chi connectivity index (χ2n) is 7.61. The summed E-state index contributed by atoms with van der Waals surface area (Å²) >= 11 is 0. The highest BCUT2D eigenvalue weighted by Crippen LogP contribution is 2.30. The highest BCUT2D eigenvalue weighted by molar-refractivity contribution is 5.49. The minimum absolute atomic E-state index is 0.00849. The fourth-order valence-electron chi connectivity index (χ4n) is 2.68. The molecule has 0 N–H and O–H groups in total. The van der Waals surface area contributed by atoms with E-state index in [2.05, 4.69) is 23.7 Å². The van der Waals surface area contributed by atoms with Crippen LogP contribution in [0.25, 0.3) is 0 Å². The molecule has 31 heavy (non-hydrogen) atoms. The summed E-state index contributed by atoms with van der Waals surface area (Å²) < 4.78 is 47.3.